The van der Waals surface area contributed by atoms with E-state index in [1.54, 1.807) is 0 Å². The minimum Gasteiger partial charge on any atom is -0.354 e. The van der Waals surface area contributed by atoms with Crippen LogP contribution < -0.4 is 15.4 Å². The maximum Gasteiger partial charge on any atom is 0.318 e. The average molecular weight is 559 g/mol. The number of halogens is 2. The molecule has 8 nitrogen and oxygen atoms in total. The second kappa shape index (κ2) is 13.8. The fourth-order valence-electron chi connectivity index (χ4n) is 5.29. The molecule has 1 heterocycles. The summed E-state index contributed by atoms with van der Waals surface area (Å²) < 4.78 is 40.4. The summed E-state index contributed by atoms with van der Waals surface area (Å²) in [6, 6.07) is 2.34. The molecule has 0 aromatic heterocycles. The van der Waals surface area contributed by atoms with E-state index in [9.17, 15) is 22.4 Å². The standard InChI is InChI=1S/C26H40ClFN4O4S/c1-18(2)15-23(31-26(34)32-14-11-19-7-3-4-8-20(19)17-32)25(33)29-12-5-6-13-30-37(35,36)24-10-9-21(28)16-22(24)27/h9-10,16,18-20,23,30H,3-8,11-15,17H2,1-2H3,(H,29,33)(H,31,34)/t19?,20?,23-/m0/s1. The van der Waals surface area contributed by atoms with E-state index >= 15 is 0 Å². The van der Waals surface area contributed by atoms with Gasteiger partial charge in [-0.2, -0.15) is 0 Å². The number of likely N-dealkylation sites (tertiary alicyclic amines) is 1. The van der Waals surface area contributed by atoms with Crippen LogP contribution in [0, 0.1) is 23.6 Å². The summed E-state index contributed by atoms with van der Waals surface area (Å²) in [7, 11) is -3.86. The van der Waals surface area contributed by atoms with Crippen LogP contribution in [-0.4, -0.2) is 57.5 Å². The zero-order valence-electron chi connectivity index (χ0n) is 21.8. The Bertz CT molecular complexity index is 1040. The Morgan fingerprint density at radius 1 is 1.11 bits per heavy atom. The number of piperidine rings is 1. The van der Waals surface area contributed by atoms with Gasteiger partial charge in [-0.15, -0.1) is 0 Å². The Balaban J connectivity index is 1.41. The predicted molar refractivity (Wildman–Crippen MR) is 142 cm³/mol. The van der Waals surface area contributed by atoms with E-state index in [-0.39, 0.29) is 34.3 Å². The van der Waals surface area contributed by atoms with Gasteiger partial charge < -0.3 is 15.5 Å². The number of nitrogens with zero attached hydrogens (tertiary/aromatic N) is 1. The number of carbonyl (C=O) groups is 2. The average Bonchev–Trinajstić information content (AvgIpc) is 2.84. The Morgan fingerprint density at radius 2 is 1.81 bits per heavy atom. The highest BCUT2D eigenvalue weighted by molar-refractivity contribution is 7.89. The molecule has 1 aliphatic heterocycles. The third kappa shape index (κ3) is 8.82. The summed E-state index contributed by atoms with van der Waals surface area (Å²) in [4.78, 5) is 27.5. The molecule has 2 unspecified atom stereocenters. The Morgan fingerprint density at radius 3 is 2.51 bits per heavy atom. The lowest BCUT2D eigenvalue weighted by molar-refractivity contribution is -0.123. The van der Waals surface area contributed by atoms with Gasteiger partial charge in [0.05, 0.1) is 5.02 Å². The van der Waals surface area contributed by atoms with Crippen molar-refractivity contribution < 1.29 is 22.4 Å². The van der Waals surface area contributed by atoms with Gasteiger partial charge in [0.15, 0.2) is 0 Å². The fraction of sp³-hybridized carbons (Fsp3) is 0.692. The van der Waals surface area contributed by atoms with Crippen LogP contribution in [0.4, 0.5) is 9.18 Å². The smallest absolute Gasteiger partial charge is 0.318 e. The number of unbranched alkanes of at least 4 members (excludes halogenated alkanes) is 1. The molecule has 11 heteroatoms. The lowest BCUT2D eigenvalue weighted by Crippen LogP contribution is -2.54. The lowest BCUT2D eigenvalue weighted by Gasteiger charge is -2.41. The largest absolute Gasteiger partial charge is 0.354 e. The van der Waals surface area contributed by atoms with Crippen molar-refractivity contribution in [1.82, 2.24) is 20.3 Å². The van der Waals surface area contributed by atoms with Gasteiger partial charge in [0, 0.05) is 26.2 Å². The van der Waals surface area contributed by atoms with Crippen molar-refractivity contribution in [1.29, 1.82) is 0 Å². The topological polar surface area (TPSA) is 108 Å². The summed E-state index contributed by atoms with van der Waals surface area (Å²) in [6.45, 7) is 6.04. The molecular weight excluding hydrogens is 519 g/mol. The van der Waals surface area contributed by atoms with Crippen LogP contribution in [0.25, 0.3) is 0 Å². The number of urea groups is 1. The third-order valence-electron chi connectivity index (χ3n) is 7.28. The zero-order chi connectivity index (χ0) is 27.0. The van der Waals surface area contributed by atoms with Crippen LogP contribution in [0.2, 0.25) is 5.02 Å². The maximum absolute atomic E-state index is 13.2. The molecule has 3 N–H and O–H groups in total. The number of amides is 3. The highest BCUT2D eigenvalue weighted by Gasteiger charge is 2.34. The first-order valence-corrected chi connectivity index (χ1v) is 15.2. The molecule has 1 saturated carbocycles. The molecule has 2 aliphatic rings. The third-order valence-corrected chi connectivity index (χ3v) is 9.22. The molecule has 3 amide bonds. The van der Waals surface area contributed by atoms with Gasteiger partial charge in [-0.05, 0) is 68.1 Å². The normalized spacial score (nSPS) is 20.8. The van der Waals surface area contributed by atoms with Crippen LogP contribution >= 0.6 is 11.6 Å². The van der Waals surface area contributed by atoms with E-state index in [1.165, 1.54) is 25.7 Å². The number of fused-ring (bicyclic) bond motifs is 1. The lowest BCUT2D eigenvalue weighted by atomic mass is 9.75. The van der Waals surface area contributed by atoms with Gasteiger partial charge in [0.25, 0.3) is 0 Å². The minimum absolute atomic E-state index is 0.148. The van der Waals surface area contributed by atoms with Gasteiger partial charge in [-0.3, -0.25) is 4.79 Å². The van der Waals surface area contributed by atoms with Crippen molar-refractivity contribution in [3.05, 3.63) is 29.0 Å². The fourth-order valence-corrected chi connectivity index (χ4v) is 6.89. The number of carbonyl (C=O) groups excluding carboxylic acids is 2. The molecule has 3 rings (SSSR count). The van der Waals surface area contributed by atoms with E-state index in [2.05, 4.69) is 15.4 Å². The molecule has 37 heavy (non-hydrogen) atoms. The van der Waals surface area contributed by atoms with Crippen LogP contribution in [0.1, 0.15) is 65.2 Å². The Labute approximate surface area is 225 Å². The Kier molecular flexibility index (Phi) is 11.0. The minimum atomic E-state index is -3.86. The second-order valence-corrected chi connectivity index (χ2v) is 12.8. The maximum atomic E-state index is 13.2. The van der Waals surface area contributed by atoms with Crippen molar-refractivity contribution in [2.24, 2.45) is 17.8 Å². The summed E-state index contributed by atoms with van der Waals surface area (Å²) >= 11 is 5.85. The van der Waals surface area contributed by atoms with Gasteiger partial charge in [-0.25, -0.2) is 22.3 Å². The number of sulfonamides is 1. The van der Waals surface area contributed by atoms with Gasteiger partial charge in [-0.1, -0.05) is 44.7 Å². The zero-order valence-corrected chi connectivity index (χ0v) is 23.3. The molecule has 1 aliphatic carbocycles. The van der Waals surface area contributed by atoms with E-state index in [4.69, 9.17) is 11.6 Å². The molecule has 1 aromatic rings. The van der Waals surface area contributed by atoms with Crippen molar-refractivity contribution in [2.75, 3.05) is 26.2 Å². The number of rotatable bonds is 11. The summed E-state index contributed by atoms with van der Waals surface area (Å²) in [6.07, 6.45) is 7.57. The van der Waals surface area contributed by atoms with E-state index < -0.39 is 21.9 Å². The van der Waals surface area contributed by atoms with Gasteiger partial charge in [0.2, 0.25) is 15.9 Å². The van der Waals surface area contributed by atoms with Crippen molar-refractivity contribution >= 4 is 33.6 Å². The van der Waals surface area contributed by atoms with Crippen LogP contribution in [0.3, 0.4) is 0 Å². The first kappa shape index (κ1) is 29.6. The van der Waals surface area contributed by atoms with E-state index in [0.29, 0.717) is 31.7 Å². The van der Waals surface area contributed by atoms with Crippen molar-refractivity contribution in [2.45, 2.75) is 76.2 Å². The molecule has 1 aromatic carbocycles. The number of nitrogens with one attached hydrogen (secondary N) is 3. The van der Waals surface area contributed by atoms with E-state index in [0.717, 1.165) is 43.6 Å². The Hall–Kier alpha value is -1.91. The molecule has 0 spiro atoms. The highest BCUT2D eigenvalue weighted by Crippen LogP contribution is 2.36. The first-order chi connectivity index (χ1) is 17.6. The predicted octanol–water partition coefficient (Wildman–Crippen LogP) is 4.29. The highest BCUT2D eigenvalue weighted by atomic mass is 35.5. The molecule has 1 saturated heterocycles. The summed E-state index contributed by atoms with van der Waals surface area (Å²) in [5.41, 5.74) is 0. The van der Waals surface area contributed by atoms with Crippen LogP contribution in [0.15, 0.2) is 23.1 Å². The number of hydrogen-bond acceptors (Lipinski definition) is 4. The molecule has 0 bridgehead atoms. The number of hydrogen-bond donors (Lipinski definition) is 3. The van der Waals surface area contributed by atoms with Gasteiger partial charge >= 0.3 is 6.03 Å². The second-order valence-electron chi connectivity index (χ2n) is 10.6. The SMILES string of the molecule is CC(C)C[C@H](NC(=O)N1CCC2CCCCC2C1)C(=O)NCCCCNS(=O)(=O)c1ccc(F)cc1Cl. The molecule has 0 radical (unpaired) electrons. The first-order valence-electron chi connectivity index (χ1n) is 13.3. The van der Waals surface area contributed by atoms with E-state index in [1.807, 2.05) is 18.7 Å². The molecule has 2 fully saturated rings. The monoisotopic (exact) mass is 558 g/mol. The number of benzene rings is 1. The summed E-state index contributed by atoms with van der Waals surface area (Å²) in [5.74, 6) is 0.688. The van der Waals surface area contributed by atoms with Gasteiger partial charge in [0.1, 0.15) is 16.8 Å². The van der Waals surface area contributed by atoms with Crippen molar-refractivity contribution in [3.8, 4) is 0 Å². The molecular formula is C26H40ClFN4O4S. The van der Waals surface area contributed by atoms with Crippen molar-refractivity contribution in [3.63, 3.8) is 0 Å². The summed E-state index contributed by atoms with van der Waals surface area (Å²) in [5, 5.41) is 5.65. The quantitative estimate of drug-likeness (QED) is 0.352. The van der Waals surface area contributed by atoms with Crippen LogP contribution in [-0.2, 0) is 14.8 Å². The molecule has 208 valence electrons. The van der Waals surface area contributed by atoms with Crippen LogP contribution in [0.5, 0.6) is 0 Å². The molecule has 3 atom stereocenters.